The van der Waals surface area contributed by atoms with Gasteiger partial charge in [0.1, 0.15) is 16.1 Å². The zero-order chi connectivity index (χ0) is 14.1. The lowest BCUT2D eigenvalue weighted by atomic mass is 10.3. The molecule has 1 aliphatic rings. The molecule has 21 heavy (non-hydrogen) atoms. The Morgan fingerprint density at radius 1 is 1.33 bits per heavy atom. The molecule has 1 atom stereocenters. The zero-order valence-electron chi connectivity index (χ0n) is 11.4. The van der Waals surface area contributed by atoms with E-state index in [1.54, 1.807) is 22.7 Å². The number of aromatic nitrogens is 2. The van der Waals surface area contributed by atoms with E-state index in [-0.39, 0.29) is 6.10 Å². The largest absolute Gasteiger partial charge is 0.368 e. The van der Waals surface area contributed by atoms with E-state index < -0.39 is 0 Å². The van der Waals surface area contributed by atoms with Crippen molar-refractivity contribution in [2.24, 2.45) is 0 Å². The van der Waals surface area contributed by atoms with Gasteiger partial charge in [0.25, 0.3) is 0 Å². The number of benzene rings is 1. The van der Waals surface area contributed by atoms with Gasteiger partial charge in [0.05, 0.1) is 23.4 Å². The third kappa shape index (κ3) is 2.85. The van der Waals surface area contributed by atoms with E-state index in [0.717, 1.165) is 36.8 Å². The third-order valence-electron chi connectivity index (χ3n) is 3.57. The van der Waals surface area contributed by atoms with Crippen LogP contribution in [0.1, 0.15) is 16.1 Å². The molecule has 0 saturated carbocycles. The highest BCUT2D eigenvalue weighted by Gasteiger charge is 2.24. The van der Waals surface area contributed by atoms with Crippen LogP contribution in [0.15, 0.2) is 35.8 Å². The molecule has 1 aromatic carbocycles. The van der Waals surface area contributed by atoms with Crippen LogP contribution in [0.5, 0.6) is 0 Å². The molecule has 2 aromatic heterocycles. The van der Waals surface area contributed by atoms with Gasteiger partial charge in [0, 0.05) is 24.7 Å². The summed E-state index contributed by atoms with van der Waals surface area (Å²) in [5.41, 5.74) is 1.10. The van der Waals surface area contributed by atoms with Gasteiger partial charge < -0.3 is 4.74 Å². The standard InChI is InChI=1S/C15H15N3OS2/c1-2-4-13-11(3-1)17-14(21-13)10-18-6-7-19-12(9-18)15-16-5-8-20-15/h1-5,8,12H,6-7,9-10H2/t12-/m0/s1. The SMILES string of the molecule is c1ccc2sc(CN3CCO[C@H](c4nccs4)C3)nc2c1. The normalized spacial score (nSPS) is 20.1. The van der Waals surface area contributed by atoms with Crippen LogP contribution in [0.3, 0.4) is 0 Å². The summed E-state index contributed by atoms with van der Waals surface area (Å²) in [5.74, 6) is 0. The molecule has 0 bridgehead atoms. The van der Waals surface area contributed by atoms with Crippen LogP contribution in [0.4, 0.5) is 0 Å². The van der Waals surface area contributed by atoms with Crippen molar-refractivity contribution in [3.8, 4) is 0 Å². The van der Waals surface area contributed by atoms with Crippen molar-refractivity contribution in [2.45, 2.75) is 12.6 Å². The summed E-state index contributed by atoms with van der Waals surface area (Å²) in [4.78, 5) is 11.5. The number of rotatable bonds is 3. The minimum atomic E-state index is 0.105. The fraction of sp³-hybridized carbons (Fsp3) is 0.333. The van der Waals surface area contributed by atoms with Crippen LogP contribution < -0.4 is 0 Å². The number of thiazole rings is 2. The molecule has 0 N–H and O–H groups in total. The fourth-order valence-corrected chi connectivity index (χ4v) is 4.25. The van der Waals surface area contributed by atoms with Crippen LogP contribution in [-0.2, 0) is 11.3 Å². The Hall–Kier alpha value is -1.34. The Morgan fingerprint density at radius 3 is 3.14 bits per heavy atom. The Bertz CT molecular complexity index is 692. The van der Waals surface area contributed by atoms with Gasteiger partial charge in [-0.1, -0.05) is 12.1 Å². The fourth-order valence-electron chi connectivity index (χ4n) is 2.57. The summed E-state index contributed by atoms with van der Waals surface area (Å²) >= 11 is 3.45. The lowest BCUT2D eigenvalue weighted by Gasteiger charge is -2.31. The molecule has 3 heterocycles. The van der Waals surface area contributed by atoms with Gasteiger partial charge in [0.2, 0.25) is 0 Å². The Balaban J connectivity index is 1.48. The maximum Gasteiger partial charge on any atom is 0.123 e. The smallest absolute Gasteiger partial charge is 0.123 e. The first-order valence-electron chi connectivity index (χ1n) is 6.96. The second-order valence-corrected chi connectivity index (χ2v) is 7.08. The average Bonchev–Trinajstić information content (AvgIpc) is 3.16. The summed E-state index contributed by atoms with van der Waals surface area (Å²) < 4.78 is 7.10. The van der Waals surface area contributed by atoms with E-state index in [1.165, 1.54) is 9.71 Å². The highest BCUT2D eigenvalue weighted by Crippen LogP contribution is 2.27. The van der Waals surface area contributed by atoms with Crippen molar-refractivity contribution >= 4 is 32.9 Å². The predicted octanol–water partition coefficient (Wildman–Crippen LogP) is 3.33. The molecule has 0 spiro atoms. The van der Waals surface area contributed by atoms with E-state index in [2.05, 4.69) is 28.1 Å². The van der Waals surface area contributed by atoms with E-state index in [1.807, 2.05) is 17.6 Å². The number of nitrogens with zero attached hydrogens (tertiary/aromatic N) is 3. The number of morpholine rings is 1. The van der Waals surface area contributed by atoms with Crippen LogP contribution in [0, 0.1) is 0 Å². The van der Waals surface area contributed by atoms with Gasteiger partial charge in [-0.15, -0.1) is 22.7 Å². The summed E-state index contributed by atoms with van der Waals surface area (Å²) in [6.07, 6.45) is 1.95. The average molecular weight is 317 g/mol. The molecular formula is C15H15N3OS2. The molecular weight excluding hydrogens is 302 g/mol. The zero-order valence-corrected chi connectivity index (χ0v) is 13.1. The van der Waals surface area contributed by atoms with E-state index in [4.69, 9.17) is 9.72 Å². The van der Waals surface area contributed by atoms with Gasteiger partial charge in [-0.3, -0.25) is 4.90 Å². The van der Waals surface area contributed by atoms with Crippen LogP contribution in [-0.4, -0.2) is 34.6 Å². The van der Waals surface area contributed by atoms with Gasteiger partial charge in [-0.25, -0.2) is 9.97 Å². The Labute approximate surface area is 131 Å². The highest BCUT2D eigenvalue weighted by molar-refractivity contribution is 7.18. The molecule has 0 amide bonds. The summed E-state index contributed by atoms with van der Waals surface area (Å²) in [6.45, 7) is 3.50. The summed E-state index contributed by atoms with van der Waals surface area (Å²) in [6, 6.07) is 8.32. The molecule has 4 rings (SSSR count). The minimum Gasteiger partial charge on any atom is -0.368 e. The quantitative estimate of drug-likeness (QED) is 0.743. The number of para-hydroxylation sites is 1. The van der Waals surface area contributed by atoms with E-state index in [9.17, 15) is 0 Å². The molecule has 1 aliphatic heterocycles. The first-order valence-corrected chi connectivity index (χ1v) is 8.66. The predicted molar refractivity (Wildman–Crippen MR) is 85.7 cm³/mol. The summed E-state index contributed by atoms with van der Waals surface area (Å²) in [5, 5.41) is 4.26. The molecule has 0 unspecified atom stereocenters. The van der Waals surface area contributed by atoms with Crippen LogP contribution in [0.25, 0.3) is 10.2 Å². The minimum absolute atomic E-state index is 0.105. The lowest BCUT2D eigenvalue weighted by Crippen LogP contribution is -2.37. The molecule has 1 fully saturated rings. The van der Waals surface area contributed by atoms with Crippen molar-refractivity contribution in [3.05, 3.63) is 45.9 Å². The molecule has 0 aliphatic carbocycles. The number of hydrogen-bond donors (Lipinski definition) is 0. The van der Waals surface area contributed by atoms with Gasteiger partial charge in [-0.2, -0.15) is 0 Å². The first kappa shape index (κ1) is 13.3. The van der Waals surface area contributed by atoms with Crippen LogP contribution >= 0.6 is 22.7 Å². The molecule has 108 valence electrons. The van der Waals surface area contributed by atoms with Gasteiger partial charge >= 0.3 is 0 Å². The molecule has 6 heteroatoms. The maximum absolute atomic E-state index is 5.84. The highest BCUT2D eigenvalue weighted by atomic mass is 32.1. The number of hydrogen-bond acceptors (Lipinski definition) is 6. The van der Waals surface area contributed by atoms with Crippen molar-refractivity contribution in [2.75, 3.05) is 19.7 Å². The molecule has 3 aromatic rings. The second kappa shape index (κ2) is 5.81. The van der Waals surface area contributed by atoms with Gasteiger partial charge in [0.15, 0.2) is 0 Å². The monoisotopic (exact) mass is 317 g/mol. The Morgan fingerprint density at radius 2 is 2.29 bits per heavy atom. The van der Waals surface area contributed by atoms with Crippen molar-refractivity contribution in [3.63, 3.8) is 0 Å². The van der Waals surface area contributed by atoms with Crippen LogP contribution in [0.2, 0.25) is 0 Å². The van der Waals surface area contributed by atoms with E-state index in [0.29, 0.717) is 0 Å². The maximum atomic E-state index is 5.84. The van der Waals surface area contributed by atoms with Crippen molar-refractivity contribution < 1.29 is 4.74 Å². The number of fused-ring (bicyclic) bond motifs is 1. The topological polar surface area (TPSA) is 38.2 Å². The lowest BCUT2D eigenvalue weighted by molar-refractivity contribution is -0.0330. The second-order valence-electron chi connectivity index (χ2n) is 5.04. The number of ether oxygens (including phenoxy) is 1. The molecule has 0 radical (unpaired) electrons. The Kier molecular flexibility index (Phi) is 3.69. The molecule has 1 saturated heterocycles. The first-order chi connectivity index (χ1) is 10.4. The van der Waals surface area contributed by atoms with Crippen molar-refractivity contribution in [1.29, 1.82) is 0 Å². The van der Waals surface area contributed by atoms with Gasteiger partial charge in [-0.05, 0) is 12.1 Å². The van der Waals surface area contributed by atoms with E-state index >= 15 is 0 Å². The third-order valence-corrected chi connectivity index (χ3v) is 5.46. The van der Waals surface area contributed by atoms with Crippen molar-refractivity contribution in [1.82, 2.24) is 14.9 Å². The molecule has 4 nitrogen and oxygen atoms in total. The summed E-state index contributed by atoms with van der Waals surface area (Å²) in [7, 11) is 0.